The van der Waals surface area contributed by atoms with Crippen LogP contribution in [0.4, 0.5) is 11.4 Å². The number of anilines is 2. The number of nitrogens with zero attached hydrogens (tertiary/aromatic N) is 1. The molecule has 0 spiro atoms. The van der Waals surface area contributed by atoms with E-state index in [0.29, 0.717) is 17.1 Å². The SMILES string of the molecule is CN(c1cc(N)cc(S(N)(=O)=O)c1)C1CCC(C)(C)CC1. The maximum absolute atomic E-state index is 11.5. The second-order valence-corrected chi connectivity index (χ2v) is 8.37. The molecule has 1 saturated carbocycles. The monoisotopic (exact) mass is 311 g/mol. The van der Waals surface area contributed by atoms with E-state index in [-0.39, 0.29) is 4.90 Å². The van der Waals surface area contributed by atoms with Crippen LogP contribution in [0, 0.1) is 5.41 Å². The van der Waals surface area contributed by atoms with E-state index in [2.05, 4.69) is 18.7 Å². The zero-order valence-electron chi connectivity index (χ0n) is 13.0. The summed E-state index contributed by atoms with van der Waals surface area (Å²) in [6, 6.07) is 5.21. The zero-order chi connectivity index (χ0) is 15.8. The van der Waals surface area contributed by atoms with Crippen LogP contribution < -0.4 is 15.8 Å². The van der Waals surface area contributed by atoms with Crippen molar-refractivity contribution in [2.24, 2.45) is 10.6 Å². The molecule has 0 bridgehead atoms. The predicted molar refractivity (Wildman–Crippen MR) is 86.7 cm³/mol. The summed E-state index contributed by atoms with van der Waals surface area (Å²) < 4.78 is 23.1. The highest BCUT2D eigenvalue weighted by Crippen LogP contribution is 2.38. The van der Waals surface area contributed by atoms with Crippen LogP contribution in [0.3, 0.4) is 0 Å². The first-order chi connectivity index (χ1) is 9.58. The van der Waals surface area contributed by atoms with Gasteiger partial charge in [0.1, 0.15) is 0 Å². The number of hydrogen-bond donors (Lipinski definition) is 2. The summed E-state index contributed by atoms with van der Waals surface area (Å²) in [6.45, 7) is 4.59. The number of rotatable bonds is 3. The lowest BCUT2D eigenvalue weighted by Crippen LogP contribution is -2.37. The van der Waals surface area contributed by atoms with Gasteiger partial charge in [-0.2, -0.15) is 0 Å². The van der Waals surface area contributed by atoms with E-state index >= 15 is 0 Å². The van der Waals surface area contributed by atoms with E-state index < -0.39 is 10.0 Å². The third-order valence-electron chi connectivity index (χ3n) is 4.51. The van der Waals surface area contributed by atoms with Crippen molar-refractivity contribution in [3.05, 3.63) is 18.2 Å². The summed E-state index contributed by atoms with van der Waals surface area (Å²) in [5.74, 6) is 0. The van der Waals surface area contributed by atoms with Gasteiger partial charge in [-0.3, -0.25) is 0 Å². The summed E-state index contributed by atoms with van der Waals surface area (Å²) in [5.41, 5.74) is 7.45. The van der Waals surface area contributed by atoms with Crippen LogP contribution in [0.15, 0.2) is 23.1 Å². The molecule has 2 rings (SSSR count). The molecule has 0 saturated heterocycles. The van der Waals surface area contributed by atoms with Crippen LogP contribution in [-0.2, 0) is 10.0 Å². The van der Waals surface area contributed by atoms with E-state index in [4.69, 9.17) is 10.9 Å². The van der Waals surface area contributed by atoms with E-state index in [9.17, 15) is 8.42 Å². The number of nitrogens with two attached hydrogens (primary N) is 2. The Balaban J connectivity index is 2.24. The van der Waals surface area contributed by atoms with Crippen molar-refractivity contribution in [2.75, 3.05) is 17.7 Å². The van der Waals surface area contributed by atoms with Crippen LogP contribution in [0.5, 0.6) is 0 Å². The molecular formula is C15H25N3O2S. The van der Waals surface area contributed by atoms with Crippen LogP contribution >= 0.6 is 0 Å². The van der Waals surface area contributed by atoms with Gasteiger partial charge in [0, 0.05) is 24.5 Å². The van der Waals surface area contributed by atoms with Crippen molar-refractivity contribution in [1.29, 1.82) is 0 Å². The smallest absolute Gasteiger partial charge is 0.238 e. The van der Waals surface area contributed by atoms with E-state index in [1.165, 1.54) is 18.9 Å². The highest BCUT2D eigenvalue weighted by molar-refractivity contribution is 7.89. The summed E-state index contributed by atoms with van der Waals surface area (Å²) in [6.07, 6.45) is 4.55. The van der Waals surface area contributed by atoms with Crippen molar-refractivity contribution in [3.8, 4) is 0 Å². The number of primary sulfonamides is 1. The minimum atomic E-state index is -3.74. The fraction of sp³-hybridized carbons (Fsp3) is 0.600. The van der Waals surface area contributed by atoms with Gasteiger partial charge in [0.05, 0.1) is 4.90 Å². The van der Waals surface area contributed by atoms with E-state index in [0.717, 1.165) is 18.5 Å². The van der Waals surface area contributed by atoms with Crippen LogP contribution in [0.25, 0.3) is 0 Å². The van der Waals surface area contributed by atoms with Crippen LogP contribution in [0.2, 0.25) is 0 Å². The first kappa shape index (κ1) is 16.1. The molecule has 1 aromatic carbocycles. The van der Waals surface area contributed by atoms with Gasteiger partial charge in [0.2, 0.25) is 10.0 Å². The Morgan fingerprint density at radius 2 is 1.76 bits per heavy atom. The minimum absolute atomic E-state index is 0.0699. The zero-order valence-corrected chi connectivity index (χ0v) is 13.8. The van der Waals surface area contributed by atoms with Gasteiger partial charge in [-0.15, -0.1) is 0 Å². The molecule has 0 radical (unpaired) electrons. The second kappa shape index (κ2) is 5.50. The largest absolute Gasteiger partial charge is 0.399 e. The second-order valence-electron chi connectivity index (χ2n) is 6.81. The Bertz CT molecular complexity index is 616. The Morgan fingerprint density at radius 3 is 2.29 bits per heavy atom. The maximum Gasteiger partial charge on any atom is 0.238 e. The highest BCUT2D eigenvalue weighted by atomic mass is 32.2. The molecule has 1 aliphatic rings. The molecule has 1 fully saturated rings. The molecule has 0 atom stereocenters. The summed E-state index contributed by atoms with van der Waals surface area (Å²) in [5, 5.41) is 5.21. The standard InChI is InChI=1S/C15H25N3O2S/c1-15(2)6-4-12(5-7-15)18(3)13-8-11(16)9-14(10-13)21(17,19)20/h8-10,12H,4-7,16H2,1-3H3,(H2,17,19,20). The fourth-order valence-electron chi connectivity index (χ4n) is 2.96. The molecule has 0 aliphatic heterocycles. The quantitative estimate of drug-likeness (QED) is 0.838. The minimum Gasteiger partial charge on any atom is -0.399 e. The molecule has 0 aromatic heterocycles. The first-order valence-electron chi connectivity index (χ1n) is 7.25. The van der Waals surface area contributed by atoms with Crippen molar-refractivity contribution in [2.45, 2.75) is 50.5 Å². The van der Waals surface area contributed by atoms with Crippen LogP contribution in [0.1, 0.15) is 39.5 Å². The summed E-state index contributed by atoms with van der Waals surface area (Å²) in [4.78, 5) is 2.20. The van der Waals surface area contributed by atoms with Crippen molar-refractivity contribution in [1.82, 2.24) is 0 Å². The Labute approximate surface area is 127 Å². The first-order valence-corrected chi connectivity index (χ1v) is 8.79. The third-order valence-corrected chi connectivity index (χ3v) is 5.40. The molecule has 4 N–H and O–H groups in total. The Morgan fingerprint density at radius 1 is 1.19 bits per heavy atom. The lowest BCUT2D eigenvalue weighted by molar-refractivity contribution is 0.222. The maximum atomic E-state index is 11.5. The molecule has 0 heterocycles. The van der Waals surface area contributed by atoms with Crippen LogP contribution in [-0.4, -0.2) is 21.5 Å². The van der Waals surface area contributed by atoms with E-state index in [1.807, 2.05) is 7.05 Å². The van der Waals surface area contributed by atoms with Gasteiger partial charge in [-0.1, -0.05) is 13.8 Å². The molecule has 21 heavy (non-hydrogen) atoms. The lowest BCUT2D eigenvalue weighted by atomic mass is 9.75. The molecule has 0 amide bonds. The van der Waals surface area contributed by atoms with Gasteiger partial charge < -0.3 is 10.6 Å². The molecule has 6 heteroatoms. The predicted octanol–water partition coefficient (Wildman–Crippen LogP) is 2.32. The normalized spacial score (nSPS) is 19.4. The number of nitrogen functional groups attached to an aromatic ring is 1. The summed E-state index contributed by atoms with van der Waals surface area (Å²) >= 11 is 0. The summed E-state index contributed by atoms with van der Waals surface area (Å²) in [7, 11) is -1.75. The molecular weight excluding hydrogens is 286 g/mol. The van der Waals surface area contributed by atoms with Gasteiger partial charge in [0.15, 0.2) is 0 Å². The topological polar surface area (TPSA) is 89.4 Å². The number of hydrogen-bond acceptors (Lipinski definition) is 4. The molecule has 0 unspecified atom stereocenters. The number of benzene rings is 1. The lowest BCUT2D eigenvalue weighted by Gasteiger charge is -2.39. The molecule has 1 aliphatic carbocycles. The van der Waals surface area contributed by atoms with Gasteiger partial charge in [0.25, 0.3) is 0 Å². The van der Waals surface area contributed by atoms with Crippen molar-refractivity contribution in [3.63, 3.8) is 0 Å². The molecule has 1 aromatic rings. The van der Waals surface area contributed by atoms with Gasteiger partial charge >= 0.3 is 0 Å². The third kappa shape index (κ3) is 3.89. The Hall–Kier alpha value is -1.27. The van der Waals surface area contributed by atoms with Gasteiger partial charge in [-0.05, 0) is 49.3 Å². The average molecular weight is 311 g/mol. The molecule has 118 valence electrons. The van der Waals surface area contributed by atoms with Crippen molar-refractivity contribution >= 4 is 21.4 Å². The molecule has 5 nitrogen and oxygen atoms in total. The number of sulfonamides is 1. The average Bonchev–Trinajstić information content (AvgIpc) is 2.36. The Kier molecular flexibility index (Phi) is 4.22. The van der Waals surface area contributed by atoms with E-state index in [1.54, 1.807) is 12.1 Å². The van der Waals surface area contributed by atoms with Gasteiger partial charge in [-0.25, -0.2) is 13.6 Å². The highest BCUT2D eigenvalue weighted by Gasteiger charge is 2.29. The fourth-order valence-corrected chi connectivity index (χ4v) is 3.54. The van der Waals surface area contributed by atoms with Crippen molar-refractivity contribution < 1.29 is 8.42 Å².